The van der Waals surface area contributed by atoms with Gasteiger partial charge in [0.05, 0.1) is 13.2 Å². The minimum absolute atomic E-state index is 0.108. The fraction of sp³-hybridized carbons (Fsp3) is 0.632. The van der Waals surface area contributed by atoms with Gasteiger partial charge in [-0.15, -0.1) is 0 Å². The van der Waals surface area contributed by atoms with Crippen LogP contribution >= 0.6 is 0 Å². The Morgan fingerprint density at radius 3 is 1.12 bits per heavy atom. The van der Waals surface area contributed by atoms with Gasteiger partial charge in [0.25, 0.3) is 0 Å². The SMILES string of the molecule is CC(=O)OCC(=CCCC(CCCCC(CCC=C(CCC=C(C)C(=O)O)COC(C)=O)COC(C)=O)COC(C)=O)CCC=C(C)C(=O)O. The number of hydrogen-bond acceptors (Lipinski definition) is 10. The van der Waals surface area contributed by atoms with E-state index >= 15 is 0 Å². The van der Waals surface area contributed by atoms with E-state index in [1.165, 1.54) is 41.5 Å². The topological polar surface area (TPSA) is 180 Å². The normalized spacial score (nSPS) is 13.6. The highest BCUT2D eigenvalue weighted by molar-refractivity contribution is 5.86. The summed E-state index contributed by atoms with van der Waals surface area (Å²) >= 11 is 0. The molecule has 0 aliphatic heterocycles. The van der Waals surface area contributed by atoms with Gasteiger partial charge in [0.1, 0.15) is 13.2 Å². The average molecular weight is 707 g/mol. The number of aliphatic carboxylic acids is 2. The van der Waals surface area contributed by atoms with E-state index < -0.39 is 23.9 Å². The van der Waals surface area contributed by atoms with Crippen LogP contribution in [0.15, 0.2) is 46.6 Å². The lowest BCUT2D eigenvalue weighted by molar-refractivity contribution is -0.143. The zero-order chi connectivity index (χ0) is 37.9. The van der Waals surface area contributed by atoms with Crippen molar-refractivity contribution in [3.8, 4) is 0 Å². The molecule has 0 rings (SSSR count). The Morgan fingerprint density at radius 1 is 0.480 bits per heavy atom. The fourth-order valence-corrected chi connectivity index (χ4v) is 4.98. The van der Waals surface area contributed by atoms with Crippen molar-refractivity contribution in [3.05, 3.63) is 46.6 Å². The molecule has 2 unspecified atom stereocenters. The third kappa shape index (κ3) is 26.7. The number of ether oxygens (including phenoxy) is 4. The molecule has 0 spiro atoms. The van der Waals surface area contributed by atoms with Crippen molar-refractivity contribution < 1.29 is 57.9 Å². The van der Waals surface area contributed by atoms with Gasteiger partial charge in [0.15, 0.2) is 0 Å². The first kappa shape index (κ1) is 45.8. The molecule has 2 atom stereocenters. The molecule has 0 aromatic heterocycles. The third-order valence-corrected chi connectivity index (χ3v) is 7.96. The monoisotopic (exact) mass is 706 g/mol. The molecule has 0 aliphatic rings. The number of carboxylic acid groups (broad SMARTS) is 2. The van der Waals surface area contributed by atoms with Crippen molar-refractivity contribution in [2.75, 3.05) is 26.4 Å². The van der Waals surface area contributed by atoms with Crippen LogP contribution in [-0.4, -0.2) is 72.5 Å². The Balaban J connectivity index is 5.34. The number of hydrogen-bond donors (Lipinski definition) is 2. The van der Waals surface area contributed by atoms with Crippen LogP contribution in [0.5, 0.6) is 0 Å². The maximum absolute atomic E-state index is 11.6. The molecular weight excluding hydrogens is 648 g/mol. The number of carbonyl (C=O) groups excluding carboxylic acids is 4. The molecule has 0 aromatic carbocycles. The molecule has 50 heavy (non-hydrogen) atoms. The molecule has 0 aromatic rings. The summed E-state index contributed by atoms with van der Waals surface area (Å²) in [6.45, 7) is 9.34. The van der Waals surface area contributed by atoms with E-state index in [4.69, 9.17) is 29.2 Å². The molecule has 0 aliphatic carbocycles. The van der Waals surface area contributed by atoms with Crippen molar-refractivity contribution in [2.45, 2.75) is 119 Å². The fourth-order valence-electron chi connectivity index (χ4n) is 4.98. The summed E-state index contributed by atoms with van der Waals surface area (Å²) in [6.07, 6.45) is 15.6. The minimum atomic E-state index is -0.974. The Bertz CT molecular complexity index is 1130. The van der Waals surface area contributed by atoms with Gasteiger partial charge in [0, 0.05) is 38.8 Å². The molecule has 0 saturated heterocycles. The second-order valence-electron chi connectivity index (χ2n) is 12.5. The third-order valence-electron chi connectivity index (χ3n) is 7.96. The number of allylic oxidation sites excluding steroid dienone is 4. The Kier molecular flexibility index (Phi) is 25.3. The van der Waals surface area contributed by atoms with Crippen LogP contribution in [0, 0.1) is 11.8 Å². The summed E-state index contributed by atoms with van der Waals surface area (Å²) in [5, 5.41) is 18.2. The van der Waals surface area contributed by atoms with E-state index in [2.05, 4.69) is 0 Å². The molecule has 0 bridgehead atoms. The van der Waals surface area contributed by atoms with Crippen LogP contribution in [0.2, 0.25) is 0 Å². The highest BCUT2D eigenvalue weighted by Gasteiger charge is 2.14. The number of rotatable bonds is 27. The minimum Gasteiger partial charge on any atom is -0.478 e. The number of carboxylic acids is 2. The predicted octanol–water partition coefficient (Wildman–Crippen LogP) is 7.07. The van der Waals surface area contributed by atoms with Gasteiger partial charge in [-0.2, -0.15) is 0 Å². The van der Waals surface area contributed by atoms with E-state index in [1.54, 1.807) is 12.2 Å². The second-order valence-corrected chi connectivity index (χ2v) is 12.5. The van der Waals surface area contributed by atoms with E-state index in [1.807, 2.05) is 12.2 Å². The van der Waals surface area contributed by atoms with Crippen molar-refractivity contribution >= 4 is 35.8 Å². The van der Waals surface area contributed by atoms with E-state index in [0.717, 1.165) is 49.7 Å². The Hall–Kier alpha value is -4.22. The lowest BCUT2D eigenvalue weighted by Gasteiger charge is -2.19. The summed E-state index contributed by atoms with van der Waals surface area (Å²) in [5.41, 5.74) is 2.30. The highest BCUT2D eigenvalue weighted by atomic mass is 16.5. The lowest BCUT2D eigenvalue weighted by atomic mass is 9.92. The standard InChI is InChI=1S/C38H58O12/c1-27(37(43)44)13-9-17-35(25-49-31(5)41)21-11-19-33(23-47-29(3)39)15-7-8-16-34(24-48-30(4)40)20-12-22-36(26-50-32(6)42)18-10-14-28(2)38(45)46/h13-14,21-22,33-34H,7-12,15-20,23-26H2,1-6H3,(H,43,44)(H,45,46). The zero-order valence-corrected chi connectivity index (χ0v) is 30.8. The first-order chi connectivity index (χ1) is 23.6. The Morgan fingerprint density at radius 2 is 0.820 bits per heavy atom. The van der Waals surface area contributed by atoms with E-state index in [-0.39, 0.29) is 61.3 Å². The summed E-state index contributed by atoms with van der Waals surface area (Å²) < 4.78 is 21.1. The Labute approximate surface area is 296 Å². The van der Waals surface area contributed by atoms with Gasteiger partial charge < -0.3 is 29.2 Å². The van der Waals surface area contributed by atoms with Crippen molar-refractivity contribution in [3.63, 3.8) is 0 Å². The molecule has 0 radical (unpaired) electrons. The van der Waals surface area contributed by atoms with Crippen molar-refractivity contribution in [2.24, 2.45) is 11.8 Å². The van der Waals surface area contributed by atoms with Crippen molar-refractivity contribution in [1.29, 1.82) is 0 Å². The quantitative estimate of drug-likeness (QED) is 0.0292. The lowest BCUT2D eigenvalue weighted by Crippen LogP contribution is -2.14. The molecule has 2 N–H and O–H groups in total. The van der Waals surface area contributed by atoms with Gasteiger partial charge in [-0.25, -0.2) is 9.59 Å². The number of carbonyl (C=O) groups is 6. The van der Waals surface area contributed by atoms with Crippen LogP contribution in [0.3, 0.4) is 0 Å². The number of esters is 4. The number of unbranched alkanes of at least 4 members (excludes halogenated alkanes) is 1. The van der Waals surface area contributed by atoms with Crippen LogP contribution in [0.25, 0.3) is 0 Å². The van der Waals surface area contributed by atoms with Gasteiger partial charge in [-0.1, -0.05) is 37.1 Å². The molecule has 0 fully saturated rings. The van der Waals surface area contributed by atoms with E-state index in [0.29, 0.717) is 38.5 Å². The molecule has 0 amide bonds. The maximum atomic E-state index is 11.6. The molecule has 282 valence electrons. The second kappa shape index (κ2) is 27.6. The van der Waals surface area contributed by atoms with Crippen LogP contribution in [0.1, 0.15) is 119 Å². The molecule has 12 heteroatoms. The van der Waals surface area contributed by atoms with Gasteiger partial charge in [0.2, 0.25) is 0 Å². The predicted molar refractivity (Wildman–Crippen MR) is 188 cm³/mol. The largest absolute Gasteiger partial charge is 0.478 e. The first-order valence-electron chi connectivity index (χ1n) is 17.3. The summed E-state index contributed by atoms with van der Waals surface area (Å²) in [4.78, 5) is 68.1. The molecule has 0 heterocycles. The van der Waals surface area contributed by atoms with Crippen LogP contribution in [0.4, 0.5) is 0 Å². The smallest absolute Gasteiger partial charge is 0.330 e. The molecular formula is C38H58O12. The molecule has 12 nitrogen and oxygen atoms in total. The average Bonchev–Trinajstić information content (AvgIpc) is 3.03. The molecule has 0 saturated carbocycles. The van der Waals surface area contributed by atoms with Crippen LogP contribution in [-0.2, 0) is 47.7 Å². The van der Waals surface area contributed by atoms with Crippen LogP contribution < -0.4 is 0 Å². The summed E-state index contributed by atoms with van der Waals surface area (Å²) in [6, 6.07) is 0. The first-order valence-corrected chi connectivity index (χ1v) is 17.3. The van der Waals surface area contributed by atoms with E-state index in [9.17, 15) is 28.8 Å². The maximum Gasteiger partial charge on any atom is 0.330 e. The van der Waals surface area contributed by atoms with Gasteiger partial charge in [-0.05, 0) is 101 Å². The van der Waals surface area contributed by atoms with Gasteiger partial charge in [-0.3, -0.25) is 19.2 Å². The van der Waals surface area contributed by atoms with Gasteiger partial charge >= 0.3 is 35.8 Å². The summed E-state index contributed by atoms with van der Waals surface area (Å²) in [5.74, 6) is -3.22. The summed E-state index contributed by atoms with van der Waals surface area (Å²) in [7, 11) is 0. The zero-order valence-electron chi connectivity index (χ0n) is 30.8. The van der Waals surface area contributed by atoms with Crippen molar-refractivity contribution in [1.82, 2.24) is 0 Å². The highest BCUT2D eigenvalue weighted by Crippen LogP contribution is 2.23.